The van der Waals surface area contributed by atoms with Crippen molar-refractivity contribution in [3.63, 3.8) is 0 Å². The Labute approximate surface area is 227 Å². The number of hydrogen-bond acceptors (Lipinski definition) is 6. The zero-order chi connectivity index (χ0) is 24.8. The van der Waals surface area contributed by atoms with Gasteiger partial charge in [-0.25, -0.2) is 0 Å². The van der Waals surface area contributed by atoms with Gasteiger partial charge in [0.25, 0.3) is 0 Å². The average Bonchev–Trinajstić information content (AvgIpc) is 2.76. The third-order valence-electron chi connectivity index (χ3n) is 5.00. The largest absolute Gasteiger partial charge is 0.491 e. The summed E-state index contributed by atoms with van der Waals surface area (Å²) in [4.78, 5) is 22.7. The van der Waals surface area contributed by atoms with Gasteiger partial charge in [-0.2, -0.15) is 0 Å². The minimum atomic E-state index is -0.370. The highest BCUT2D eigenvalue weighted by Crippen LogP contribution is 2.44. The fraction of sp³-hybridized carbons (Fsp3) is 0.391. The SMILES string of the molecule is COC(=O)CCOc1c(Br)cc(C(C)(C)c2cc(Br)c(OCCC(=O)OC)c(Br)c2)cc1Br. The molecule has 33 heavy (non-hydrogen) atoms. The maximum atomic E-state index is 11.3. The standard InChI is InChI=1S/C23H24Br4O6/c1-23(2,13-9-15(24)21(16(25)10-13)32-7-5-19(28)30-3)14-11-17(26)22(18(27)12-14)33-8-6-20(29)31-4/h9-12H,5-8H2,1-4H3. The molecule has 0 radical (unpaired) electrons. The van der Waals surface area contributed by atoms with Gasteiger partial charge in [0.2, 0.25) is 0 Å². The van der Waals surface area contributed by atoms with Gasteiger partial charge in [-0.3, -0.25) is 9.59 Å². The number of rotatable bonds is 10. The first-order valence-corrected chi connectivity index (χ1v) is 13.1. The summed E-state index contributed by atoms with van der Waals surface area (Å²) in [6.07, 6.45) is 0.331. The Bertz CT molecular complexity index is 896. The van der Waals surface area contributed by atoms with Gasteiger partial charge in [-0.05, 0) is 99.1 Å². The van der Waals surface area contributed by atoms with Gasteiger partial charge >= 0.3 is 11.9 Å². The Balaban J connectivity index is 2.26. The zero-order valence-electron chi connectivity index (χ0n) is 18.6. The molecule has 0 aliphatic heterocycles. The minimum Gasteiger partial charge on any atom is -0.491 e. The molecule has 0 atom stereocenters. The summed E-state index contributed by atoms with van der Waals surface area (Å²) in [5.41, 5.74) is 1.71. The Morgan fingerprint density at radius 2 is 1.00 bits per heavy atom. The monoisotopic (exact) mass is 712 g/mol. The van der Waals surface area contributed by atoms with Gasteiger partial charge < -0.3 is 18.9 Å². The molecule has 0 aliphatic rings. The molecule has 0 saturated heterocycles. The first-order valence-electron chi connectivity index (χ1n) is 9.89. The van der Waals surface area contributed by atoms with Crippen molar-refractivity contribution in [1.29, 1.82) is 0 Å². The first-order chi connectivity index (χ1) is 15.5. The van der Waals surface area contributed by atoms with Crippen LogP contribution in [0, 0.1) is 0 Å². The molecule has 0 aliphatic carbocycles. The smallest absolute Gasteiger partial charge is 0.308 e. The summed E-state index contributed by atoms with van der Waals surface area (Å²) in [5.74, 6) is 0.591. The molecule has 6 nitrogen and oxygen atoms in total. The molecule has 0 aromatic heterocycles. The number of carbonyl (C=O) groups excluding carboxylic acids is 2. The van der Waals surface area contributed by atoms with Crippen molar-refractivity contribution in [1.82, 2.24) is 0 Å². The van der Waals surface area contributed by atoms with Gasteiger partial charge in [0.15, 0.2) is 0 Å². The van der Waals surface area contributed by atoms with E-state index < -0.39 is 0 Å². The number of methoxy groups -OCH3 is 2. The van der Waals surface area contributed by atoms with Crippen LogP contribution in [0.2, 0.25) is 0 Å². The lowest BCUT2D eigenvalue weighted by molar-refractivity contribution is -0.142. The Morgan fingerprint density at radius 3 is 1.27 bits per heavy atom. The van der Waals surface area contributed by atoms with Crippen molar-refractivity contribution in [3.05, 3.63) is 53.3 Å². The minimum absolute atomic E-state index is 0.165. The maximum Gasteiger partial charge on any atom is 0.308 e. The quantitative estimate of drug-likeness (QED) is 0.248. The van der Waals surface area contributed by atoms with E-state index in [0.29, 0.717) is 11.5 Å². The Morgan fingerprint density at radius 1 is 0.697 bits per heavy atom. The third kappa shape index (κ3) is 7.44. The van der Waals surface area contributed by atoms with Crippen molar-refractivity contribution in [2.45, 2.75) is 32.1 Å². The summed E-state index contributed by atoms with van der Waals surface area (Å²) in [6.45, 7) is 4.66. The van der Waals surface area contributed by atoms with E-state index in [-0.39, 0.29) is 43.4 Å². The number of carbonyl (C=O) groups is 2. The van der Waals surface area contributed by atoms with Crippen molar-refractivity contribution >= 4 is 75.7 Å². The van der Waals surface area contributed by atoms with Gasteiger partial charge in [0, 0.05) is 5.41 Å². The van der Waals surface area contributed by atoms with Gasteiger partial charge in [0.1, 0.15) is 11.5 Å². The summed E-state index contributed by atoms with van der Waals surface area (Å²) in [7, 11) is 2.70. The van der Waals surface area contributed by atoms with Crippen LogP contribution in [-0.4, -0.2) is 39.4 Å². The summed E-state index contributed by atoms with van der Waals surface area (Å²) in [5, 5.41) is 0. The lowest BCUT2D eigenvalue weighted by Crippen LogP contribution is -2.19. The normalized spacial score (nSPS) is 11.2. The van der Waals surface area contributed by atoms with Crippen LogP contribution in [0.25, 0.3) is 0 Å². The molecule has 0 heterocycles. The molecular weight excluding hydrogens is 692 g/mol. The lowest BCUT2D eigenvalue weighted by Gasteiger charge is -2.28. The predicted octanol–water partition coefficient (Wildman–Crippen LogP) is 6.95. The van der Waals surface area contributed by atoms with Gasteiger partial charge in [0.05, 0.1) is 58.2 Å². The fourth-order valence-electron chi connectivity index (χ4n) is 2.96. The van der Waals surface area contributed by atoms with E-state index in [4.69, 9.17) is 9.47 Å². The summed E-state index contributed by atoms with van der Waals surface area (Å²) in [6, 6.07) is 8.00. The molecule has 0 saturated carbocycles. The van der Waals surface area contributed by atoms with Crippen molar-refractivity contribution < 1.29 is 28.5 Å². The first kappa shape index (κ1) is 28.1. The molecule has 10 heteroatoms. The summed E-state index contributed by atoms with van der Waals surface area (Å²) < 4.78 is 23.9. The highest BCUT2D eigenvalue weighted by atomic mass is 79.9. The van der Waals surface area contributed by atoms with E-state index in [1.54, 1.807) is 0 Å². The second-order valence-corrected chi connectivity index (χ2v) is 10.9. The molecule has 2 rings (SSSR count). The highest BCUT2D eigenvalue weighted by Gasteiger charge is 2.27. The Kier molecular flexibility index (Phi) is 10.7. The lowest BCUT2D eigenvalue weighted by atomic mass is 9.78. The fourth-order valence-corrected chi connectivity index (χ4v) is 5.79. The van der Waals surface area contributed by atoms with E-state index in [1.165, 1.54) is 14.2 Å². The zero-order valence-corrected chi connectivity index (χ0v) is 24.9. The molecule has 0 N–H and O–H groups in total. The van der Waals surface area contributed by atoms with Crippen LogP contribution >= 0.6 is 63.7 Å². The van der Waals surface area contributed by atoms with E-state index >= 15 is 0 Å². The molecule has 0 spiro atoms. The molecule has 0 fully saturated rings. The molecule has 0 amide bonds. The van der Waals surface area contributed by atoms with Crippen molar-refractivity contribution in [3.8, 4) is 11.5 Å². The number of hydrogen-bond donors (Lipinski definition) is 0. The van der Waals surface area contributed by atoms with E-state index in [9.17, 15) is 9.59 Å². The van der Waals surface area contributed by atoms with Crippen LogP contribution in [0.1, 0.15) is 37.8 Å². The predicted molar refractivity (Wildman–Crippen MR) is 140 cm³/mol. The molecule has 2 aromatic rings. The average molecular weight is 716 g/mol. The Hall–Kier alpha value is -1.10. The number of benzene rings is 2. The second-order valence-electron chi connectivity index (χ2n) is 7.51. The van der Waals surface area contributed by atoms with Crippen LogP contribution in [0.15, 0.2) is 42.2 Å². The van der Waals surface area contributed by atoms with E-state index in [1.807, 2.05) is 24.3 Å². The van der Waals surface area contributed by atoms with E-state index in [0.717, 1.165) is 29.0 Å². The van der Waals surface area contributed by atoms with Crippen molar-refractivity contribution in [2.24, 2.45) is 0 Å². The van der Waals surface area contributed by atoms with Crippen LogP contribution in [0.5, 0.6) is 11.5 Å². The second kappa shape index (κ2) is 12.6. The van der Waals surface area contributed by atoms with Crippen LogP contribution in [-0.2, 0) is 24.5 Å². The molecule has 2 aromatic carbocycles. The number of ether oxygens (including phenoxy) is 4. The van der Waals surface area contributed by atoms with Gasteiger partial charge in [-0.15, -0.1) is 0 Å². The molecule has 180 valence electrons. The van der Waals surface area contributed by atoms with Gasteiger partial charge in [-0.1, -0.05) is 13.8 Å². The molecular formula is C23H24Br4O6. The van der Waals surface area contributed by atoms with E-state index in [2.05, 4.69) is 87.0 Å². The number of esters is 2. The third-order valence-corrected chi connectivity index (χ3v) is 7.36. The van der Waals surface area contributed by atoms with Crippen LogP contribution in [0.3, 0.4) is 0 Å². The summed E-state index contributed by atoms with van der Waals surface area (Å²) >= 11 is 14.3. The van der Waals surface area contributed by atoms with Crippen molar-refractivity contribution in [2.75, 3.05) is 27.4 Å². The molecule has 0 bridgehead atoms. The topological polar surface area (TPSA) is 71.1 Å². The number of halogens is 4. The highest BCUT2D eigenvalue weighted by molar-refractivity contribution is 9.11. The van der Waals surface area contributed by atoms with Crippen LogP contribution in [0.4, 0.5) is 0 Å². The molecule has 0 unspecified atom stereocenters. The van der Waals surface area contributed by atoms with Crippen LogP contribution < -0.4 is 9.47 Å². The maximum absolute atomic E-state index is 11.3.